The van der Waals surface area contributed by atoms with Crippen molar-refractivity contribution in [3.05, 3.63) is 0 Å². The van der Waals surface area contributed by atoms with Crippen molar-refractivity contribution in [2.24, 2.45) is 17.3 Å². The lowest BCUT2D eigenvalue weighted by atomic mass is 9.91. The summed E-state index contributed by atoms with van der Waals surface area (Å²) < 4.78 is 0. The van der Waals surface area contributed by atoms with Crippen LogP contribution in [0.25, 0.3) is 0 Å². The molecule has 0 amide bonds. The first kappa shape index (κ1) is 10.8. The molecule has 0 aromatic carbocycles. The first-order chi connectivity index (χ1) is 7.62. The van der Waals surface area contributed by atoms with E-state index in [-0.39, 0.29) is 6.04 Å². The van der Waals surface area contributed by atoms with Gasteiger partial charge >= 0.3 is 0 Å². The highest BCUT2D eigenvalue weighted by Crippen LogP contribution is 2.65. The fourth-order valence-electron chi connectivity index (χ4n) is 4.49. The molecule has 3 rings (SSSR count). The molecule has 0 bridgehead atoms. The SMILES string of the molecule is CC(=O)[C@@H]1C[C@@]2(CC2C2CCCC2)CN1C. The van der Waals surface area contributed by atoms with E-state index in [1.165, 1.54) is 38.6 Å². The molecule has 3 fully saturated rings. The van der Waals surface area contributed by atoms with Gasteiger partial charge in [-0.3, -0.25) is 9.69 Å². The second-order valence-electron chi connectivity index (χ2n) is 6.46. The van der Waals surface area contributed by atoms with E-state index in [4.69, 9.17) is 0 Å². The topological polar surface area (TPSA) is 20.3 Å². The van der Waals surface area contributed by atoms with Crippen molar-refractivity contribution in [1.82, 2.24) is 4.90 Å². The number of hydrogen-bond donors (Lipinski definition) is 0. The van der Waals surface area contributed by atoms with Crippen LogP contribution in [0.4, 0.5) is 0 Å². The second-order valence-corrected chi connectivity index (χ2v) is 6.46. The van der Waals surface area contributed by atoms with E-state index in [1.807, 2.05) is 0 Å². The summed E-state index contributed by atoms with van der Waals surface area (Å²) in [4.78, 5) is 13.9. The van der Waals surface area contributed by atoms with Gasteiger partial charge < -0.3 is 0 Å². The predicted octanol–water partition coefficient (Wildman–Crippen LogP) is 2.48. The van der Waals surface area contributed by atoms with Gasteiger partial charge in [0, 0.05) is 6.54 Å². The molecule has 1 spiro atoms. The Hall–Kier alpha value is -0.370. The average Bonchev–Trinajstić information content (AvgIpc) is 2.67. The number of ketones is 1. The van der Waals surface area contributed by atoms with Crippen molar-refractivity contribution in [2.45, 2.75) is 51.5 Å². The van der Waals surface area contributed by atoms with Gasteiger partial charge in [0.15, 0.2) is 0 Å². The lowest BCUT2D eigenvalue weighted by Gasteiger charge is -2.15. The number of nitrogens with zero attached hydrogens (tertiary/aromatic N) is 1. The van der Waals surface area contributed by atoms with Crippen LogP contribution in [0.5, 0.6) is 0 Å². The molecular weight excluding hydrogens is 198 g/mol. The Labute approximate surface area is 98.4 Å². The van der Waals surface area contributed by atoms with Gasteiger partial charge in [-0.1, -0.05) is 25.7 Å². The molecule has 3 aliphatic rings. The third-order valence-electron chi connectivity index (χ3n) is 5.39. The maximum atomic E-state index is 11.6. The Bertz CT molecular complexity index is 308. The van der Waals surface area contributed by atoms with Crippen LogP contribution in [-0.2, 0) is 4.79 Å². The van der Waals surface area contributed by atoms with E-state index in [0.717, 1.165) is 18.3 Å². The molecule has 3 atom stereocenters. The van der Waals surface area contributed by atoms with E-state index in [1.54, 1.807) is 6.92 Å². The van der Waals surface area contributed by atoms with Crippen molar-refractivity contribution in [3.63, 3.8) is 0 Å². The van der Waals surface area contributed by atoms with Crippen LogP contribution in [-0.4, -0.2) is 30.3 Å². The zero-order chi connectivity index (χ0) is 11.3. The lowest BCUT2D eigenvalue weighted by molar-refractivity contribution is -0.120. The quantitative estimate of drug-likeness (QED) is 0.714. The van der Waals surface area contributed by atoms with E-state index >= 15 is 0 Å². The molecule has 1 heterocycles. The fourth-order valence-corrected chi connectivity index (χ4v) is 4.49. The molecule has 2 nitrogen and oxygen atoms in total. The molecule has 0 aromatic rings. The van der Waals surface area contributed by atoms with Crippen LogP contribution in [0.1, 0.15) is 45.4 Å². The van der Waals surface area contributed by atoms with E-state index in [0.29, 0.717) is 11.2 Å². The van der Waals surface area contributed by atoms with Crippen molar-refractivity contribution < 1.29 is 4.79 Å². The Kier molecular flexibility index (Phi) is 2.39. The third-order valence-corrected chi connectivity index (χ3v) is 5.39. The highest BCUT2D eigenvalue weighted by Gasteiger charge is 2.62. The maximum absolute atomic E-state index is 11.6. The highest BCUT2D eigenvalue weighted by atomic mass is 16.1. The van der Waals surface area contributed by atoms with Crippen molar-refractivity contribution in [3.8, 4) is 0 Å². The van der Waals surface area contributed by atoms with Gasteiger partial charge in [0.2, 0.25) is 0 Å². The zero-order valence-corrected chi connectivity index (χ0v) is 10.5. The molecule has 0 aromatic heterocycles. The lowest BCUT2D eigenvalue weighted by Crippen LogP contribution is -2.30. The minimum absolute atomic E-state index is 0.228. The first-order valence-electron chi connectivity index (χ1n) is 6.83. The Balaban J connectivity index is 1.67. The third kappa shape index (κ3) is 1.54. The van der Waals surface area contributed by atoms with Gasteiger partial charge in [-0.05, 0) is 44.1 Å². The molecule has 0 N–H and O–H groups in total. The van der Waals surface area contributed by atoms with Gasteiger partial charge in [-0.25, -0.2) is 0 Å². The number of Topliss-reactive ketones (excluding diaryl/α,β-unsaturated/α-hetero) is 1. The highest BCUT2D eigenvalue weighted by molar-refractivity contribution is 5.82. The van der Waals surface area contributed by atoms with Crippen LogP contribution < -0.4 is 0 Å². The average molecular weight is 221 g/mol. The van der Waals surface area contributed by atoms with E-state index in [2.05, 4.69) is 11.9 Å². The molecule has 0 radical (unpaired) electrons. The van der Waals surface area contributed by atoms with E-state index < -0.39 is 0 Å². The van der Waals surface area contributed by atoms with Gasteiger partial charge in [0.25, 0.3) is 0 Å². The number of likely N-dealkylation sites (N-methyl/N-ethyl adjacent to an activating group) is 1. The number of hydrogen-bond acceptors (Lipinski definition) is 2. The molecule has 2 saturated carbocycles. The number of carbonyl (C=O) groups is 1. The predicted molar refractivity (Wildman–Crippen MR) is 64.2 cm³/mol. The van der Waals surface area contributed by atoms with E-state index in [9.17, 15) is 4.79 Å². The minimum atomic E-state index is 0.228. The fraction of sp³-hybridized carbons (Fsp3) is 0.929. The Morgan fingerprint density at radius 3 is 2.50 bits per heavy atom. The Morgan fingerprint density at radius 2 is 1.94 bits per heavy atom. The minimum Gasteiger partial charge on any atom is -0.298 e. The summed E-state index contributed by atoms with van der Waals surface area (Å²) in [6, 6.07) is 0.228. The summed E-state index contributed by atoms with van der Waals surface area (Å²) >= 11 is 0. The van der Waals surface area contributed by atoms with Crippen LogP contribution >= 0.6 is 0 Å². The van der Waals surface area contributed by atoms with Crippen molar-refractivity contribution in [2.75, 3.05) is 13.6 Å². The normalized spacial score (nSPS) is 44.4. The molecular formula is C14H23NO. The summed E-state index contributed by atoms with van der Waals surface area (Å²) in [5, 5.41) is 0. The molecule has 16 heavy (non-hydrogen) atoms. The molecule has 1 unspecified atom stereocenters. The molecule has 2 heteroatoms. The second kappa shape index (κ2) is 3.56. The Morgan fingerprint density at radius 1 is 1.25 bits per heavy atom. The summed E-state index contributed by atoms with van der Waals surface area (Å²) in [5.41, 5.74) is 0.556. The molecule has 2 aliphatic carbocycles. The van der Waals surface area contributed by atoms with Gasteiger partial charge in [0.1, 0.15) is 5.78 Å². The van der Waals surface area contributed by atoms with Gasteiger partial charge in [0.05, 0.1) is 6.04 Å². The van der Waals surface area contributed by atoms with Crippen molar-refractivity contribution in [1.29, 1.82) is 0 Å². The summed E-state index contributed by atoms with van der Waals surface area (Å²) in [5.74, 6) is 2.33. The van der Waals surface area contributed by atoms with Crippen molar-refractivity contribution >= 4 is 5.78 Å². The van der Waals surface area contributed by atoms with Crippen LogP contribution in [0.3, 0.4) is 0 Å². The molecule has 90 valence electrons. The van der Waals surface area contributed by atoms with Crippen LogP contribution in [0, 0.1) is 17.3 Å². The standard InChI is InChI=1S/C14H23NO/c1-10(16)13-8-14(9-15(13)2)7-12(14)11-5-3-4-6-11/h11-13H,3-9H2,1-2H3/t12?,13-,14-/m0/s1. The monoisotopic (exact) mass is 221 g/mol. The zero-order valence-electron chi connectivity index (χ0n) is 10.5. The summed E-state index contributed by atoms with van der Waals surface area (Å²) in [6.45, 7) is 2.94. The number of rotatable bonds is 2. The number of likely N-dealkylation sites (tertiary alicyclic amines) is 1. The smallest absolute Gasteiger partial charge is 0.146 e. The number of carbonyl (C=O) groups excluding carboxylic acids is 1. The van der Waals surface area contributed by atoms with Crippen LogP contribution in [0.2, 0.25) is 0 Å². The van der Waals surface area contributed by atoms with Crippen LogP contribution in [0.15, 0.2) is 0 Å². The largest absolute Gasteiger partial charge is 0.298 e. The first-order valence-corrected chi connectivity index (χ1v) is 6.83. The molecule has 1 aliphatic heterocycles. The summed E-state index contributed by atoms with van der Waals surface area (Å²) in [7, 11) is 2.13. The summed E-state index contributed by atoms with van der Waals surface area (Å²) in [6.07, 6.45) is 8.37. The maximum Gasteiger partial charge on any atom is 0.146 e. The molecule has 1 saturated heterocycles. The van der Waals surface area contributed by atoms with Gasteiger partial charge in [-0.2, -0.15) is 0 Å². The van der Waals surface area contributed by atoms with Gasteiger partial charge in [-0.15, -0.1) is 0 Å².